The molecule has 0 radical (unpaired) electrons. The van der Waals surface area contributed by atoms with Crippen LogP contribution in [0.3, 0.4) is 0 Å². The van der Waals surface area contributed by atoms with Crippen molar-refractivity contribution in [1.82, 2.24) is 0 Å². The van der Waals surface area contributed by atoms with Gasteiger partial charge in [-0.1, -0.05) is 12.1 Å². The Morgan fingerprint density at radius 3 is 2.41 bits per heavy atom. The molecule has 0 saturated heterocycles. The number of carbonyl (C=O) groups excluding carboxylic acids is 1. The Morgan fingerprint density at radius 1 is 1.09 bits per heavy atom. The lowest BCUT2D eigenvalue weighted by molar-refractivity contribution is -0.110. The van der Waals surface area contributed by atoms with Crippen LogP contribution in [-0.2, 0) is 14.6 Å². The minimum Gasteiger partial charge on any atom is -0.321 e. The Bertz CT molecular complexity index is 899. The van der Waals surface area contributed by atoms with Crippen LogP contribution in [0.5, 0.6) is 0 Å². The van der Waals surface area contributed by atoms with E-state index in [0.29, 0.717) is 22.4 Å². The smallest absolute Gasteiger partial charge is 0.256 e. The highest BCUT2D eigenvalue weighted by Crippen LogP contribution is 2.33. The summed E-state index contributed by atoms with van der Waals surface area (Å²) in [7, 11) is -3.26. The molecular weight excluding hydrogens is 305 g/mol. The lowest BCUT2D eigenvalue weighted by atomic mass is 10.0. The van der Waals surface area contributed by atoms with Gasteiger partial charge in [0.1, 0.15) is 5.82 Å². The second-order valence-corrected chi connectivity index (χ2v) is 7.06. The first kappa shape index (κ1) is 14.5. The molecule has 22 heavy (non-hydrogen) atoms. The monoisotopic (exact) mass is 317 g/mol. The number of halogens is 1. The first-order chi connectivity index (χ1) is 10.3. The lowest BCUT2D eigenvalue weighted by Crippen LogP contribution is -2.03. The van der Waals surface area contributed by atoms with Crippen molar-refractivity contribution in [2.24, 2.45) is 0 Å². The number of carbonyl (C=O) groups is 1. The molecule has 0 atom stereocenters. The summed E-state index contributed by atoms with van der Waals surface area (Å²) in [5.74, 6) is -0.735. The maximum absolute atomic E-state index is 13.4. The molecule has 3 rings (SSSR count). The van der Waals surface area contributed by atoms with Gasteiger partial charge in [-0.05, 0) is 42.0 Å². The van der Waals surface area contributed by atoms with E-state index in [2.05, 4.69) is 5.32 Å². The maximum atomic E-state index is 13.4. The zero-order valence-electron chi connectivity index (χ0n) is 11.6. The molecule has 0 fully saturated rings. The van der Waals surface area contributed by atoms with Gasteiger partial charge in [-0.25, -0.2) is 12.8 Å². The van der Waals surface area contributed by atoms with Gasteiger partial charge in [0.25, 0.3) is 5.91 Å². The number of anilines is 1. The number of amides is 1. The summed E-state index contributed by atoms with van der Waals surface area (Å²) in [6, 6.07) is 10.2. The van der Waals surface area contributed by atoms with E-state index < -0.39 is 15.7 Å². The molecule has 1 heterocycles. The van der Waals surface area contributed by atoms with Crippen molar-refractivity contribution in [3.63, 3.8) is 0 Å². The van der Waals surface area contributed by atoms with Gasteiger partial charge in [0.05, 0.1) is 4.90 Å². The molecule has 2 aromatic rings. The summed E-state index contributed by atoms with van der Waals surface area (Å²) in [5.41, 5.74) is 2.07. The second kappa shape index (κ2) is 5.06. The molecule has 0 aromatic heterocycles. The highest BCUT2D eigenvalue weighted by molar-refractivity contribution is 7.90. The van der Waals surface area contributed by atoms with E-state index in [1.165, 1.54) is 30.3 Å². The van der Waals surface area contributed by atoms with Crippen molar-refractivity contribution in [2.45, 2.75) is 4.90 Å². The molecule has 0 aliphatic carbocycles. The van der Waals surface area contributed by atoms with Crippen LogP contribution >= 0.6 is 0 Å². The fourth-order valence-electron chi connectivity index (χ4n) is 2.28. The van der Waals surface area contributed by atoms with Gasteiger partial charge >= 0.3 is 0 Å². The predicted octanol–water partition coefficient (Wildman–Crippen LogP) is 2.72. The molecule has 0 spiro atoms. The van der Waals surface area contributed by atoms with Crippen LogP contribution in [0, 0.1) is 5.82 Å². The number of benzene rings is 2. The zero-order chi connectivity index (χ0) is 15.9. The van der Waals surface area contributed by atoms with Crippen LogP contribution in [0.4, 0.5) is 10.1 Å². The molecule has 0 saturated carbocycles. The van der Waals surface area contributed by atoms with Crippen LogP contribution in [-0.4, -0.2) is 20.6 Å². The molecule has 1 aliphatic heterocycles. The fourth-order valence-corrected chi connectivity index (χ4v) is 2.91. The van der Waals surface area contributed by atoms with Gasteiger partial charge in [0, 0.05) is 23.1 Å². The number of nitrogens with one attached hydrogen (secondary N) is 1. The van der Waals surface area contributed by atoms with E-state index >= 15 is 0 Å². The van der Waals surface area contributed by atoms with Gasteiger partial charge in [-0.2, -0.15) is 0 Å². The van der Waals surface area contributed by atoms with Gasteiger partial charge < -0.3 is 5.32 Å². The van der Waals surface area contributed by atoms with Crippen LogP contribution in [0.15, 0.2) is 47.4 Å². The average molecular weight is 317 g/mol. The minimum absolute atomic E-state index is 0.206. The largest absolute Gasteiger partial charge is 0.321 e. The van der Waals surface area contributed by atoms with E-state index in [1.807, 2.05) is 0 Å². The lowest BCUT2D eigenvalue weighted by Gasteiger charge is -2.01. The van der Waals surface area contributed by atoms with E-state index in [-0.39, 0.29) is 10.8 Å². The molecule has 6 heteroatoms. The highest BCUT2D eigenvalue weighted by Gasteiger charge is 2.24. The third kappa shape index (κ3) is 2.65. The minimum atomic E-state index is -3.26. The molecule has 1 N–H and O–H groups in total. The van der Waals surface area contributed by atoms with Crippen molar-refractivity contribution < 1.29 is 17.6 Å². The average Bonchev–Trinajstić information content (AvgIpc) is 2.75. The SMILES string of the molecule is CS(=O)(=O)c1ccc(/C=C2/C(=O)Nc3ccc(F)cc32)cc1. The van der Waals surface area contributed by atoms with Crippen molar-refractivity contribution in [1.29, 1.82) is 0 Å². The Kier molecular flexibility index (Phi) is 3.33. The van der Waals surface area contributed by atoms with Crippen molar-refractivity contribution in [3.05, 3.63) is 59.4 Å². The molecule has 1 amide bonds. The van der Waals surface area contributed by atoms with Crippen LogP contribution in [0.25, 0.3) is 11.6 Å². The second-order valence-electron chi connectivity index (χ2n) is 5.04. The summed E-state index contributed by atoms with van der Waals surface area (Å²) in [6.45, 7) is 0. The Labute approximate surface area is 127 Å². The van der Waals surface area contributed by atoms with Gasteiger partial charge in [-0.3, -0.25) is 4.79 Å². The molecule has 1 aliphatic rings. The first-order valence-electron chi connectivity index (χ1n) is 6.48. The van der Waals surface area contributed by atoms with E-state index in [1.54, 1.807) is 18.2 Å². The number of hydrogen-bond acceptors (Lipinski definition) is 3. The highest BCUT2D eigenvalue weighted by atomic mass is 32.2. The molecule has 4 nitrogen and oxygen atoms in total. The fraction of sp³-hybridized carbons (Fsp3) is 0.0625. The van der Waals surface area contributed by atoms with Crippen LogP contribution in [0.1, 0.15) is 11.1 Å². The number of hydrogen-bond donors (Lipinski definition) is 1. The number of rotatable bonds is 2. The van der Waals surface area contributed by atoms with Crippen LogP contribution in [0.2, 0.25) is 0 Å². The summed E-state index contributed by atoms with van der Waals surface area (Å²) in [4.78, 5) is 12.2. The van der Waals surface area contributed by atoms with E-state index in [0.717, 1.165) is 6.26 Å². The molecule has 2 aromatic carbocycles. The predicted molar refractivity (Wildman–Crippen MR) is 82.5 cm³/mol. The third-order valence-corrected chi connectivity index (χ3v) is 4.51. The summed E-state index contributed by atoms with van der Waals surface area (Å²) in [6.07, 6.45) is 2.73. The van der Waals surface area contributed by atoms with Gasteiger partial charge in [0.15, 0.2) is 9.84 Å². The first-order valence-corrected chi connectivity index (χ1v) is 8.37. The number of sulfone groups is 1. The van der Waals surface area contributed by atoms with Gasteiger partial charge in [-0.15, -0.1) is 0 Å². The summed E-state index contributed by atoms with van der Waals surface area (Å²) in [5, 5.41) is 2.66. The summed E-state index contributed by atoms with van der Waals surface area (Å²) < 4.78 is 36.2. The van der Waals surface area contributed by atoms with E-state index in [9.17, 15) is 17.6 Å². The van der Waals surface area contributed by atoms with Crippen molar-refractivity contribution >= 4 is 33.1 Å². The Hall–Kier alpha value is -2.47. The molecular formula is C16H12FNO3S. The van der Waals surface area contributed by atoms with Crippen molar-refractivity contribution in [3.8, 4) is 0 Å². The normalized spacial score (nSPS) is 15.7. The van der Waals surface area contributed by atoms with E-state index in [4.69, 9.17) is 0 Å². The van der Waals surface area contributed by atoms with Crippen LogP contribution < -0.4 is 5.32 Å². The quantitative estimate of drug-likeness (QED) is 0.866. The number of fused-ring (bicyclic) bond motifs is 1. The molecule has 112 valence electrons. The topological polar surface area (TPSA) is 63.2 Å². The van der Waals surface area contributed by atoms with Crippen molar-refractivity contribution in [2.75, 3.05) is 11.6 Å². The Balaban J connectivity index is 2.03. The summed E-state index contributed by atoms with van der Waals surface area (Å²) >= 11 is 0. The third-order valence-electron chi connectivity index (χ3n) is 3.38. The molecule has 0 bridgehead atoms. The standard InChI is InChI=1S/C16H12FNO3S/c1-22(20,21)12-5-2-10(3-6-12)8-14-13-9-11(17)4-7-15(13)18-16(14)19/h2-9H,1H3,(H,18,19)/b14-8+. The zero-order valence-corrected chi connectivity index (χ0v) is 12.4. The maximum Gasteiger partial charge on any atom is 0.256 e. The Morgan fingerprint density at radius 2 is 1.77 bits per heavy atom. The molecule has 0 unspecified atom stereocenters. The van der Waals surface area contributed by atoms with Gasteiger partial charge in [0.2, 0.25) is 0 Å².